The van der Waals surface area contributed by atoms with Crippen LogP contribution in [0.25, 0.3) is 0 Å². The van der Waals surface area contributed by atoms with Crippen molar-refractivity contribution in [3.05, 3.63) is 12.5 Å². The van der Waals surface area contributed by atoms with Crippen molar-refractivity contribution >= 4 is 6.41 Å². The number of hydrogen-bond acceptors (Lipinski definition) is 2. The minimum atomic E-state index is 0.458. The van der Waals surface area contributed by atoms with Gasteiger partial charge >= 0.3 is 0 Å². The number of rotatable bonds is 1. The van der Waals surface area contributed by atoms with Crippen LogP contribution in [0.15, 0.2) is 12.5 Å². The van der Waals surface area contributed by atoms with Crippen LogP contribution in [0.1, 0.15) is 0 Å². The summed E-state index contributed by atoms with van der Waals surface area (Å²) in [6, 6.07) is 0. The molecule has 1 rings (SSSR count). The molecule has 0 aliphatic carbocycles. The normalized spacial score (nSPS) is 18.5. The Kier molecular flexibility index (Phi) is 1.20. The molecule has 3 nitrogen and oxygen atoms in total. The molecule has 1 fully saturated rings. The van der Waals surface area contributed by atoms with Crippen molar-refractivity contribution in [2.24, 2.45) is 0 Å². The number of ether oxygens (including phenoxy) is 1. The number of amides is 1. The van der Waals surface area contributed by atoms with Gasteiger partial charge < -0.3 is 4.74 Å². The molecule has 1 heterocycles. The summed E-state index contributed by atoms with van der Waals surface area (Å²) < 4.78 is 4.86. The molecule has 0 saturated carbocycles. The number of carbonyl (C=O) groups is 1. The molecule has 1 aliphatic heterocycles. The van der Waals surface area contributed by atoms with Crippen LogP contribution in [0.2, 0.25) is 0 Å². The van der Waals surface area contributed by atoms with Crippen molar-refractivity contribution in [3.8, 4) is 0 Å². The molecular weight excluding hydrogens is 106 g/mol. The van der Waals surface area contributed by atoms with E-state index in [1.165, 1.54) is 4.90 Å². The van der Waals surface area contributed by atoms with Gasteiger partial charge in [0.15, 0.2) is 5.88 Å². The predicted molar refractivity (Wildman–Crippen MR) is 27.9 cm³/mol. The van der Waals surface area contributed by atoms with E-state index in [4.69, 9.17) is 4.74 Å². The highest BCUT2D eigenvalue weighted by atomic mass is 16.5. The Morgan fingerprint density at radius 1 is 1.88 bits per heavy atom. The van der Waals surface area contributed by atoms with Crippen molar-refractivity contribution < 1.29 is 9.53 Å². The van der Waals surface area contributed by atoms with E-state index in [0.29, 0.717) is 19.0 Å². The molecule has 8 heavy (non-hydrogen) atoms. The molecule has 0 aromatic heterocycles. The fraction of sp³-hybridized carbons (Fsp3) is 0.400. The van der Waals surface area contributed by atoms with Gasteiger partial charge in [0.05, 0.1) is 6.54 Å². The molecule has 0 N–H and O–H groups in total. The van der Waals surface area contributed by atoms with Gasteiger partial charge in [-0.2, -0.15) is 0 Å². The van der Waals surface area contributed by atoms with E-state index in [1.807, 2.05) is 0 Å². The standard InChI is InChI=1S/C5H7NO2/c1-5-6(4-7)2-3-8-5/h4H,1-3H2. The third-order valence-electron chi connectivity index (χ3n) is 1.05. The predicted octanol–water partition coefficient (Wildman–Crippen LogP) is -0.0538. The smallest absolute Gasteiger partial charge is 0.216 e. The van der Waals surface area contributed by atoms with Crippen LogP contribution in [0.3, 0.4) is 0 Å². The van der Waals surface area contributed by atoms with Gasteiger partial charge in [0.2, 0.25) is 6.41 Å². The summed E-state index contributed by atoms with van der Waals surface area (Å²) in [4.78, 5) is 11.4. The lowest BCUT2D eigenvalue weighted by Crippen LogP contribution is -2.14. The third-order valence-corrected chi connectivity index (χ3v) is 1.05. The second-order valence-corrected chi connectivity index (χ2v) is 1.54. The summed E-state index contributed by atoms with van der Waals surface area (Å²) in [5.74, 6) is 0.458. The Morgan fingerprint density at radius 2 is 2.62 bits per heavy atom. The number of nitrogens with zero attached hydrogens (tertiary/aromatic N) is 1. The molecule has 0 spiro atoms. The Hall–Kier alpha value is -0.990. The van der Waals surface area contributed by atoms with E-state index in [2.05, 4.69) is 6.58 Å². The van der Waals surface area contributed by atoms with Crippen molar-refractivity contribution in [3.63, 3.8) is 0 Å². The lowest BCUT2D eigenvalue weighted by molar-refractivity contribution is -0.116. The highest BCUT2D eigenvalue weighted by molar-refractivity contribution is 5.50. The van der Waals surface area contributed by atoms with Crippen LogP contribution in [0.5, 0.6) is 0 Å². The third kappa shape index (κ3) is 0.665. The first-order valence-electron chi connectivity index (χ1n) is 2.38. The molecule has 0 unspecified atom stereocenters. The molecular formula is C5H7NO2. The first-order chi connectivity index (χ1) is 3.84. The Labute approximate surface area is 47.5 Å². The van der Waals surface area contributed by atoms with Crippen LogP contribution >= 0.6 is 0 Å². The molecule has 0 bridgehead atoms. The Bertz CT molecular complexity index is 122. The maximum atomic E-state index is 10.0. The van der Waals surface area contributed by atoms with Crippen LogP contribution < -0.4 is 0 Å². The lowest BCUT2D eigenvalue weighted by Gasteiger charge is -2.03. The fourth-order valence-electron chi connectivity index (χ4n) is 0.581. The minimum Gasteiger partial charge on any atom is -0.477 e. The molecule has 1 saturated heterocycles. The molecule has 3 heteroatoms. The first kappa shape index (κ1) is 5.15. The van der Waals surface area contributed by atoms with E-state index >= 15 is 0 Å². The van der Waals surface area contributed by atoms with Gasteiger partial charge in [-0.1, -0.05) is 0 Å². The average molecular weight is 113 g/mol. The van der Waals surface area contributed by atoms with E-state index in [9.17, 15) is 4.79 Å². The minimum absolute atomic E-state index is 0.458. The van der Waals surface area contributed by atoms with Gasteiger partial charge in [-0.05, 0) is 6.58 Å². The van der Waals surface area contributed by atoms with E-state index in [0.717, 1.165) is 6.41 Å². The van der Waals surface area contributed by atoms with E-state index < -0.39 is 0 Å². The topological polar surface area (TPSA) is 29.5 Å². The molecule has 1 aliphatic rings. The molecule has 1 amide bonds. The van der Waals surface area contributed by atoms with Gasteiger partial charge in [0.1, 0.15) is 6.61 Å². The second-order valence-electron chi connectivity index (χ2n) is 1.54. The van der Waals surface area contributed by atoms with E-state index in [1.54, 1.807) is 0 Å². The summed E-state index contributed by atoms with van der Waals surface area (Å²) in [7, 11) is 0. The Morgan fingerprint density at radius 3 is 2.88 bits per heavy atom. The zero-order chi connectivity index (χ0) is 5.98. The van der Waals surface area contributed by atoms with Crippen LogP contribution in [0, 0.1) is 0 Å². The highest BCUT2D eigenvalue weighted by Crippen LogP contribution is 2.06. The quantitative estimate of drug-likeness (QED) is 0.446. The van der Waals surface area contributed by atoms with Crippen LogP contribution in [0.4, 0.5) is 0 Å². The van der Waals surface area contributed by atoms with Gasteiger partial charge in [0, 0.05) is 0 Å². The molecule has 0 radical (unpaired) electrons. The Balaban J connectivity index is 2.54. The van der Waals surface area contributed by atoms with Gasteiger partial charge in [-0.15, -0.1) is 0 Å². The molecule has 44 valence electrons. The average Bonchev–Trinajstić information content (AvgIpc) is 2.14. The first-order valence-corrected chi connectivity index (χ1v) is 2.38. The molecule has 0 atom stereocenters. The van der Waals surface area contributed by atoms with Gasteiger partial charge in [0.25, 0.3) is 0 Å². The summed E-state index contributed by atoms with van der Waals surface area (Å²) in [5, 5.41) is 0. The zero-order valence-electron chi connectivity index (χ0n) is 4.46. The molecule has 0 aromatic carbocycles. The number of carbonyl (C=O) groups excluding carboxylic acids is 1. The number of hydrogen-bond donors (Lipinski definition) is 0. The maximum absolute atomic E-state index is 10.0. The van der Waals surface area contributed by atoms with Gasteiger partial charge in [-0.3, -0.25) is 9.69 Å². The lowest BCUT2D eigenvalue weighted by atomic mass is 10.6. The SMILES string of the molecule is C=C1OCCN1C=O. The van der Waals surface area contributed by atoms with E-state index in [-0.39, 0.29) is 0 Å². The largest absolute Gasteiger partial charge is 0.477 e. The van der Waals surface area contributed by atoms with Crippen molar-refractivity contribution in [2.75, 3.05) is 13.2 Å². The maximum Gasteiger partial charge on any atom is 0.216 e. The van der Waals surface area contributed by atoms with Crippen molar-refractivity contribution in [1.29, 1.82) is 0 Å². The molecule has 0 aromatic rings. The summed E-state index contributed by atoms with van der Waals surface area (Å²) in [5.41, 5.74) is 0. The monoisotopic (exact) mass is 113 g/mol. The van der Waals surface area contributed by atoms with Crippen molar-refractivity contribution in [2.45, 2.75) is 0 Å². The zero-order valence-corrected chi connectivity index (χ0v) is 4.46. The highest BCUT2D eigenvalue weighted by Gasteiger charge is 2.13. The van der Waals surface area contributed by atoms with Crippen molar-refractivity contribution in [1.82, 2.24) is 4.90 Å². The summed E-state index contributed by atoms with van der Waals surface area (Å²) in [6.45, 7) is 4.70. The fourth-order valence-corrected chi connectivity index (χ4v) is 0.581. The van der Waals surface area contributed by atoms with Crippen LogP contribution in [-0.2, 0) is 9.53 Å². The summed E-state index contributed by atoms with van der Waals surface area (Å²) >= 11 is 0. The van der Waals surface area contributed by atoms with Crippen LogP contribution in [-0.4, -0.2) is 24.5 Å². The summed E-state index contributed by atoms with van der Waals surface area (Å²) in [6.07, 6.45) is 0.718. The van der Waals surface area contributed by atoms with Gasteiger partial charge in [-0.25, -0.2) is 0 Å². The second kappa shape index (κ2) is 1.86.